The number of hydrogen-bond acceptors (Lipinski definition) is 4. The number of carbonyl (C=O) groups is 1. The minimum Gasteiger partial charge on any atom is -0.486 e. The average Bonchev–Trinajstić information content (AvgIpc) is 2.76. The molecule has 3 rings (SSSR count). The first-order valence-corrected chi connectivity index (χ1v) is 7.68. The lowest BCUT2D eigenvalue weighted by Crippen LogP contribution is -2.35. The predicted molar refractivity (Wildman–Crippen MR) is 80.2 cm³/mol. The normalized spacial score (nSPS) is 18.2. The molecule has 6 heteroatoms. The van der Waals surface area contributed by atoms with Crippen molar-refractivity contribution in [2.45, 2.75) is 12.8 Å². The molecule has 2 aliphatic rings. The summed E-state index contributed by atoms with van der Waals surface area (Å²) in [5.41, 5.74) is 0.867. The molecule has 21 heavy (non-hydrogen) atoms. The number of hydrogen-bond donors (Lipinski definition) is 1. The number of nitrogens with one attached hydrogen (secondary N) is 1. The third-order valence-corrected chi connectivity index (χ3v) is 3.99. The lowest BCUT2D eigenvalue weighted by molar-refractivity contribution is -0.130. The maximum Gasteiger partial charge on any atom is 0.227 e. The van der Waals surface area contributed by atoms with Crippen LogP contribution >= 0.6 is 11.6 Å². The molecule has 0 atom stereocenters. The molecule has 1 aromatic carbocycles. The average molecular weight is 311 g/mol. The number of ether oxygens (including phenoxy) is 2. The largest absolute Gasteiger partial charge is 0.486 e. The summed E-state index contributed by atoms with van der Waals surface area (Å²) < 4.78 is 11.0. The van der Waals surface area contributed by atoms with Gasteiger partial charge in [-0.15, -0.1) is 0 Å². The van der Waals surface area contributed by atoms with Gasteiger partial charge in [-0.05, 0) is 30.7 Å². The molecule has 1 saturated heterocycles. The summed E-state index contributed by atoms with van der Waals surface area (Å²) in [6.45, 7) is 4.42. The van der Waals surface area contributed by atoms with E-state index in [9.17, 15) is 4.79 Å². The monoisotopic (exact) mass is 310 g/mol. The molecule has 2 heterocycles. The minimum atomic E-state index is 0.131. The molecule has 0 radical (unpaired) electrons. The zero-order valence-corrected chi connectivity index (χ0v) is 12.6. The van der Waals surface area contributed by atoms with Gasteiger partial charge in [0.05, 0.1) is 11.4 Å². The molecule has 1 N–H and O–H groups in total. The van der Waals surface area contributed by atoms with Crippen LogP contribution in [0.5, 0.6) is 11.5 Å². The maximum absolute atomic E-state index is 12.4. The molecule has 0 unspecified atom stereocenters. The van der Waals surface area contributed by atoms with Crippen LogP contribution in [0, 0.1) is 0 Å². The first-order valence-electron chi connectivity index (χ1n) is 7.30. The van der Waals surface area contributed by atoms with Crippen molar-refractivity contribution < 1.29 is 14.3 Å². The van der Waals surface area contributed by atoms with E-state index in [1.165, 1.54) is 0 Å². The molecule has 0 aromatic heterocycles. The molecule has 0 bridgehead atoms. The number of carbonyl (C=O) groups excluding carboxylic acids is 1. The molecule has 1 fully saturated rings. The number of nitrogens with zero attached hydrogens (tertiary/aromatic N) is 1. The summed E-state index contributed by atoms with van der Waals surface area (Å²) in [6, 6.07) is 3.65. The molecule has 5 nitrogen and oxygen atoms in total. The summed E-state index contributed by atoms with van der Waals surface area (Å²) in [5.74, 6) is 1.35. The molecule has 1 aromatic rings. The van der Waals surface area contributed by atoms with Crippen LogP contribution in [-0.2, 0) is 11.2 Å². The van der Waals surface area contributed by atoms with Crippen molar-refractivity contribution >= 4 is 17.5 Å². The predicted octanol–water partition coefficient (Wildman–Crippen LogP) is 1.48. The molecular formula is C15H19ClN2O3. The minimum absolute atomic E-state index is 0.131. The van der Waals surface area contributed by atoms with Crippen molar-refractivity contribution in [3.8, 4) is 11.5 Å². The number of rotatable bonds is 2. The van der Waals surface area contributed by atoms with E-state index in [0.717, 1.165) is 38.2 Å². The zero-order valence-electron chi connectivity index (χ0n) is 11.9. The fourth-order valence-electron chi connectivity index (χ4n) is 2.65. The van der Waals surface area contributed by atoms with Crippen LogP contribution in [0.2, 0.25) is 5.02 Å². The van der Waals surface area contributed by atoms with Gasteiger partial charge >= 0.3 is 0 Å². The second-order valence-corrected chi connectivity index (χ2v) is 5.67. The van der Waals surface area contributed by atoms with Crippen molar-refractivity contribution in [3.05, 3.63) is 22.7 Å². The van der Waals surface area contributed by atoms with E-state index in [-0.39, 0.29) is 5.91 Å². The van der Waals surface area contributed by atoms with E-state index >= 15 is 0 Å². The van der Waals surface area contributed by atoms with Gasteiger partial charge in [-0.25, -0.2) is 0 Å². The number of benzene rings is 1. The van der Waals surface area contributed by atoms with Crippen LogP contribution in [-0.4, -0.2) is 50.2 Å². The van der Waals surface area contributed by atoms with E-state index in [1.807, 2.05) is 11.0 Å². The van der Waals surface area contributed by atoms with Gasteiger partial charge in [0.1, 0.15) is 13.2 Å². The molecule has 114 valence electrons. The van der Waals surface area contributed by atoms with Gasteiger partial charge in [-0.2, -0.15) is 0 Å². The molecule has 1 amide bonds. The van der Waals surface area contributed by atoms with Crippen LogP contribution in [0.1, 0.15) is 12.0 Å². The summed E-state index contributed by atoms with van der Waals surface area (Å²) in [6.07, 6.45) is 1.34. The Balaban J connectivity index is 1.72. The van der Waals surface area contributed by atoms with E-state index in [2.05, 4.69) is 5.32 Å². The molecular weight excluding hydrogens is 292 g/mol. The number of amides is 1. The SMILES string of the molecule is O=C(Cc1cc(Cl)c2c(c1)OCCO2)N1CCCNCC1. The smallest absolute Gasteiger partial charge is 0.227 e. The van der Waals surface area contributed by atoms with Crippen LogP contribution in [0.15, 0.2) is 12.1 Å². The number of halogens is 1. The maximum atomic E-state index is 12.4. The second-order valence-electron chi connectivity index (χ2n) is 5.26. The lowest BCUT2D eigenvalue weighted by atomic mass is 10.1. The summed E-state index contributed by atoms with van der Waals surface area (Å²) in [5, 5.41) is 3.80. The zero-order chi connectivity index (χ0) is 14.7. The fourth-order valence-corrected chi connectivity index (χ4v) is 2.94. The Morgan fingerprint density at radius 1 is 1.24 bits per heavy atom. The third kappa shape index (κ3) is 3.41. The first kappa shape index (κ1) is 14.5. The van der Waals surface area contributed by atoms with Gasteiger partial charge in [0.15, 0.2) is 11.5 Å². The van der Waals surface area contributed by atoms with Crippen LogP contribution in [0.25, 0.3) is 0 Å². The van der Waals surface area contributed by atoms with Crippen LogP contribution in [0.4, 0.5) is 0 Å². The van der Waals surface area contributed by atoms with Crippen molar-refractivity contribution in [1.29, 1.82) is 0 Å². The summed E-state index contributed by atoms with van der Waals surface area (Å²) in [7, 11) is 0. The van der Waals surface area contributed by atoms with Crippen LogP contribution < -0.4 is 14.8 Å². The third-order valence-electron chi connectivity index (χ3n) is 3.70. The van der Waals surface area contributed by atoms with Crippen molar-refractivity contribution in [1.82, 2.24) is 10.2 Å². The van der Waals surface area contributed by atoms with Gasteiger partial charge < -0.3 is 19.7 Å². The van der Waals surface area contributed by atoms with Gasteiger partial charge in [-0.1, -0.05) is 11.6 Å². The summed E-state index contributed by atoms with van der Waals surface area (Å²) in [4.78, 5) is 14.3. The highest BCUT2D eigenvalue weighted by Crippen LogP contribution is 2.38. The molecule has 2 aliphatic heterocycles. The highest BCUT2D eigenvalue weighted by atomic mass is 35.5. The number of fused-ring (bicyclic) bond motifs is 1. The van der Waals surface area contributed by atoms with Gasteiger partial charge in [0.2, 0.25) is 5.91 Å². The lowest BCUT2D eigenvalue weighted by Gasteiger charge is -2.22. The standard InChI is InChI=1S/C15H19ClN2O3/c16-12-8-11(9-13-15(12)21-7-6-20-13)10-14(19)18-4-1-2-17-3-5-18/h8-9,17H,1-7,10H2. The topological polar surface area (TPSA) is 50.8 Å². The van der Waals surface area contributed by atoms with Gasteiger partial charge in [0.25, 0.3) is 0 Å². The Morgan fingerprint density at radius 2 is 2.10 bits per heavy atom. The highest BCUT2D eigenvalue weighted by Gasteiger charge is 2.20. The van der Waals surface area contributed by atoms with E-state index in [1.54, 1.807) is 6.07 Å². The van der Waals surface area contributed by atoms with Gasteiger partial charge in [-0.3, -0.25) is 4.79 Å². The van der Waals surface area contributed by atoms with Crippen LogP contribution in [0.3, 0.4) is 0 Å². The Bertz CT molecular complexity index is 528. The van der Waals surface area contributed by atoms with Crippen molar-refractivity contribution in [2.24, 2.45) is 0 Å². The Hall–Kier alpha value is -1.46. The quantitative estimate of drug-likeness (QED) is 0.899. The molecule has 0 saturated carbocycles. The highest BCUT2D eigenvalue weighted by molar-refractivity contribution is 6.32. The van der Waals surface area contributed by atoms with Crippen molar-refractivity contribution in [3.63, 3.8) is 0 Å². The second kappa shape index (κ2) is 6.54. The van der Waals surface area contributed by atoms with Gasteiger partial charge in [0, 0.05) is 19.6 Å². The Morgan fingerprint density at radius 3 is 3.00 bits per heavy atom. The molecule has 0 aliphatic carbocycles. The van der Waals surface area contributed by atoms with E-state index in [0.29, 0.717) is 36.2 Å². The fraction of sp³-hybridized carbons (Fsp3) is 0.533. The van der Waals surface area contributed by atoms with E-state index < -0.39 is 0 Å². The Kier molecular flexibility index (Phi) is 4.51. The Labute approximate surface area is 129 Å². The summed E-state index contributed by atoms with van der Waals surface area (Å²) >= 11 is 6.20. The van der Waals surface area contributed by atoms with E-state index in [4.69, 9.17) is 21.1 Å². The van der Waals surface area contributed by atoms with Crippen molar-refractivity contribution in [2.75, 3.05) is 39.4 Å². The first-order chi connectivity index (χ1) is 10.2. The molecule has 0 spiro atoms.